The molecule has 0 spiro atoms. The van der Waals surface area contributed by atoms with Crippen molar-refractivity contribution in [1.82, 2.24) is 0 Å². The van der Waals surface area contributed by atoms with E-state index in [1.54, 1.807) is 0 Å². The smallest absolute Gasteiger partial charge is 0.418 e. The van der Waals surface area contributed by atoms with Crippen molar-refractivity contribution in [3.05, 3.63) is 35.9 Å². The molecular weight excluding hydrogens is 306 g/mol. The first-order chi connectivity index (χ1) is 10.1. The molecular formula is C12H14B2F4O4. The van der Waals surface area contributed by atoms with Gasteiger partial charge < -0.3 is 26.3 Å². The van der Waals surface area contributed by atoms with Gasteiger partial charge in [0.15, 0.2) is 0 Å². The third kappa shape index (κ3) is 7.82. The lowest BCUT2D eigenvalue weighted by Crippen LogP contribution is -2.35. The predicted octanol–water partition coefficient (Wildman–Crippen LogP) is 3.06. The Bertz CT molecular complexity index is 516. The molecule has 0 bridgehead atoms. The SMILES string of the molecule is CC(=O)OB1OC(C)CC(c2ccccc2)=[O+]1.F[B-](F)(F)F. The van der Waals surface area contributed by atoms with E-state index >= 15 is 0 Å². The molecule has 4 nitrogen and oxygen atoms in total. The van der Waals surface area contributed by atoms with Crippen molar-refractivity contribution >= 4 is 26.3 Å². The summed E-state index contributed by atoms with van der Waals surface area (Å²) in [6.07, 6.45) is 0.630. The lowest BCUT2D eigenvalue weighted by atomic mass is 10.0. The van der Waals surface area contributed by atoms with Gasteiger partial charge in [-0.1, -0.05) is 18.2 Å². The van der Waals surface area contributed by atoms with Crippen LogP contribution in [0.15, 0.2) is 30.3 Å². The molecule has 1 unspecified atom stereocenters. The van der Waals surface area contributed by atoms with Gasteiger partial charge in [0.05, 0.1) is 18.1 Å². The fourth-order valence-corrected chi connectivity index (χ4v) is 1.69. The van der Waals surface area contributed by atoms with E-state index < -0.39 is 20.5 Å². The molecule has 0 fully saturated rings. The summed E-state index contributed by atoms with van der Waals surface area (Å²) in [6.45, 7) is 3.25. The topological polar surface area (TPSA) is 46.8 Å². The number of ketones is 1. The molecule has 1 aromatic carbocycles. The van der Waals surface area contributed by atoms with E-state index in [1.165, 1.54) is 6.92 Å². The summed E-state index contributed by atoms with van der Waals surface area (Å²) in [5.41, 5.74) is 0.986. The summed E-state index contributed by atoms with van der Waals surface area (Å²) in [4.78, 5) is 10.9. The van der Waals surface area contributed by atoms with Crippen LogP contribution in [-0.4, -0.2) is 32.4 Å². The fraction of sp³-hybridized carbons (Fsp3) is 0.333. The lowest BCUT2D eigenvalue weighted by molar-refractivity contribution is -0.192. The van der Waals surface area contributed by atoms with Gasteiger partial charge in [-0.15, -0.1) is 0 Å². The normalized spacial score (nSPS) is 18.0. The Kier molecular flexibility index (Phi) is 6.60. The van der Waals surface area contributed by atoms with Crippen LogP contribution in [0.1, 0.15) is 30.2 Å². The van der Waals surface area contributed by atoms with Gasteiger partial charge in [-0.05, 0) is 19.1 Å². The second-order valence-electron chi connectivity index (χ2n) is 4.45. The highest BCUT2D eigenvalue weighted by Gasteiger charge is 2.51. The summed E-state index contributed by atoms with van der Waals surface area (Å²) >= 11 is 0. The summed E-state index contributed by atoms with van der Waals surface area (Å²) in [6, 6.07) is 9.73. The zero-order valence-electron chi connectivity index (χ0n) is 12.0. The second kappa shape index (κ2) is 7.98. The number of carbonyl (C=O) groups is 1. The minimum Gasteiger partial charge on any atom is -0.418 e. The van der Waals surface area contributed by atoms with Crippen LogP contribution in [0.3, 0.4) is 0 Å². The first-order valence-electron chi connectivity index (χ1n) is 6.43. The fourth-order valence-electron chi connectivity index (χ4n) is 1.69. The molecule has 10 heteroatoms. The van der Waals surface area contributed by atoms with Crippen LogP contribution in [0.25, 0.3) is 0 Å². The molecule has 0 saturated heterocycles. The van der Waals surface area contributed by atoms with Gasteiger partial charge in [-0.2, -0.15) is 0 Å². The molecule has 1 aromatic rings. The molecule has 1 aliphatic heterocycles. The van der Waals surface area contributed by atoms with E-state index in [-0.39, 0.29) is 6.10 Å². The average Bonchev–Trinajstić information content (AvgIpc) is 2.36. The minimum absolute atomic E-state index is 0.0386. The highest BCUT2D eigenvalue weighted by molar-refractivity contribution is 6.50. The van der Waals surface area contributed by atoms with Crippen molar-refractivity contribution in [2.45, 2.75) is 26.4 Å². The van der Waals surface area contributed by atoms with Gasteiger partial charge in [-0.3, -0.25) is 9.45 Å². The third-order valence-electron chi connectivity index (χ3n) is 2.41. The van der Waals surface area contributed by atoms with E-state index in [9.17, 15) is 22.1 Å². The maximum atomic E-state index is 10.9. The van der Waals surface area contributed by atoms with Crippen LogP contribution in [0, 0.1) is 0 Å². The monoisotopic (exact) mass is 320 g/mol. The Hall–Kier alpha value is -1.83. The van der Waals surface area contributed by atoms with E-state index in [1.807, 2.05) is 37.3 Å². The quantitative estimate of drug-likeness (QED) is 0.478. The number of benzene rings is 1. The van der Waals surface area contributed by atoms with Crippen molar-refractivity contribution in [2.24, 2.45) is 0 Å². The first-order valence-corrected chi connectivity index (χ1v) is 6.43. The maximum Gasteiger partial charge on any atom is 1.12 e. The zero-order valence-corrected chi connectivity index (χ0v) is 12.0. The largest absolute Gasteiger partial charge is 1.12 e. The van der Waals surface area contributed by atoms with Crippen molar-refractivity contribution < 1.29 is 35.7 Å². The van der Waals surface area contributed by atoms with Gasteiger partial charge in [0, 0.05) is 6.92 Å². The molecule has 0 N–H and O–H groups in total. The van der Waals surface area contributed by atoms with Gasteiger partial charge in [0.2, 0.25) is 0 Å². The van der Waals surface area contributed by atoms with E-state index in [0.717, 1.165) is 11.3 Å². The van der Waals surface area contributed by atoms with E-state index in [4.69, 9.17) is 13.7 Å². The lowest BCUT2D eigenvalue weighted by Gasteiger charge is -2.12. The highest BCUT2D eigenvalue weighted by atomic mass is 19.5. The molecule has 22 heavy (non-hydrogen) atoms. The Balaban J connectivity index is 0.000000422. The number of rotatable bonds is 2. The van der Waals surface area contributed by atoms with E-state index in [0.29, 0.717) is 6.42 Å². The van der Waals surface area contributed by atoms with Crippen LogP contribution in [-0.2, 0) is 14.1 Å². The molecule has 1 atom stereocenters. The molecule has 0 aromatic heterocycles. The van der Waals surface area contributed by atoms with Crippen LogP contribution < -0.4 is 0 Å². The molecule has 0 radical (unpaired) electrons. The van der Waals surface area contributed by atoms with Gasteiger partial charge in [0.1, 0.15) is 0 Å². The van der Waals surface area contributed by atoms with Crippen molar-refractivity contribution in [2.75, 3.05) is 0 Å². The maximum absolute atomic E-state index is 10.9. The van der Waals surface area contributed by atoms with Crippen molar-refractivity contribution in [3.8, 4) is 0 Å². The minimum atomic E-state index is -6.00. The van der Waals surface area contributed by atoms with Gasteiger partial charge in [0.25, 0.3) is 11.8 Å². The zero-order chi connectivity index (χ0) is 16.8. The van der Waals surface area contributed by atoms with Crippen LogP contribution in [0.4, 0.5) is 17.3 Å². The van der Waals surface area contributed by atoms with Crippen LogP contribution in [0.2, 0.25) is 0 Å². The molecule has 1 aliphatic rings. The molecule has 2 rings (SSSR count). The predicted molar refractivity (Wildman–Crippen MR) is 73.6 cm³/mol. The van der Waals surface area contributed by atoms with Gasteiger partial charge in [-0.25, -0.2) is 0 Å². The molecule has 1 heterocycles. The Morgan fingerprint density at radius 1 is 1.32 bits per heavy atom. The first kappa shape index (κ1) is 18.2. The van der Waals surface area contributed by atoms with E-state index in [2.05, 4.69) is 0 Å². The van der Waals surface area contributed by atoms with Crippen molar-refractivity contribution in [1.29, 1.82) is 0 Å². The number of hydrogen-bond acceptors (Lipinski definition) is 3. The highest BCUT2D eigenvalue weighted by Crippen LogP contribution is 2.15. The van der Waals surface area contributed by atoms with Crippen LogP contribution in [0.5, 0.6) is 0 Å². The number of hydrogen-bond donors (Lipinski definition) is 0. The summed E-state index contributed by atoms with van der Waals surface area (Å²) in [5.74, 6) is 0.368. The van der Waals surface area contributed by atoms with Gasteiger partial charge >= 0.3 is 14.6 Å². The van der Waals surface area contributed by atoms with Crippen LogP contribution >= 0.6 is 0 Å². The second-order valence-corrected chi connectivity index (χ2v) is 4.45. The standard InChI is InChI=1S/C12H14BO4.BF4/c1-9-8-12(11-6-4-3-5-7-11)17-13(15-9)16-10(2)14;2-1(3,4)5/h3-7,9H,8H2,1-2H3;/q+1;-1. The molecule has 0 amide bonds. The summed E-state index contributed by atoms with van der Waals surface area (Å²) in [5, 5.41) is 0. The number of carbonyl (C=O) groups excluding carboxylic acids is 2. The Morgan fingerprint density at radius 2 is 1.86 bits per heavy atom. The Labute approximate surface area is 125 Å². The molecule has 0 aliphatic carbocycles. The average molecular weight is 320 g/mol. The molecule has 0 saturated carbocycles. The van der Waals surface area contributed by atoms with Crippen molar-refractivity contribution in [3.63, 3.8) is 0 Å². The number of halogens is 4. The summed E-state index contributed by atoms with van der Waals surface area (Å²) < 4.78 is 54.8. The summed E-state index contributed by atoms with van der Waals surface area (Å²) in [7, 11) is -6.94. The Morgan fingerprint density at radius 3 is 2.36 bits per heavy atom. The third-order valence-corrected chi connectivity index (χ3v) is 2.41. The molecule has 120 valence electrons.